The van der Waals surface area contributed by atoms with Crippen molar-refractivity contribution in [3.05, 3.63) is 55.3 Å². The third-order valence-corrected chi connectivity index (χ3v) is 5.19. The standard InChI is InChI=1S/C21H23ClN2O4/c1-5-6-7-24-20(26)16(10-23)14(4)18(21(24)27)17(25)11-28-15-8-12(2)19(22)13(3)9-15/h8-9,27H,5-7,11H2,1-4H3. The smallest absolute Gasteiger partial charge is 0.271 e. The highest BCUT2D eigenvalue weighted by atomic mass is 35.5. The SMILES string of the molecule is CCCCn1c(O)c(C(=O)COc2cc(C)c(Cl)c(C)c2)c(C)c(C#N)c1=O. The number of rotatable bonds is 7. The molecule has 0 aliphatic carbocycles. The summed E-state index contributed by atoms with van der Waals surface area (Å²) in [5, 5.41) is 20.5. The summed E-state index contributed by atoms with van der Waals surface area (Å²) in [7, 11) is 0. The Bertz CT molecular complexity index is 996. The second-order valence-corrected chi connectivity index (χ2v) is 7.08. The van der Waals surface area contributed by atoms with E-state index in [1.165, 1.54) is 6.92 Å². The van der Waals surface area contributed by atoms with Gasteiger partial charge in [0.2, 0.25) is 11.7 Å². The van der Waals surface area contributed by atoms with Crippen molar-refractivity contribution < 1.29 is 14.6 Å². The molecule has 0 radical (unpaired) electrons. The van der Waals surface area contributed by atoms with Crippen LogP contribution in [0.5, 0.6) is 11.6 Å². The molecule has 0 atom stereocenters. The zero-order chi connectivity index (χ0) is 21.0. The minimum Gasteiger partial charge on any atom is -0.494 e. The van der Waals surface area contributed by atoms with Crippen LogP contribution >= 0.6 is 11.6 Å². The summed E-state index contributed by atoms with van der Waals surface area (Å²) in [6.07, 6.45) is 1.43. The van der Waals surface area contributed by atoms with Crippen LogP contribution in [-0.4, -0.2) is 22.1 Å². The topological polar surface area (TPSA) is 92.3 Å². The molecule has 6 nitrogen and oxygen atoms in total. The number of aryl methyl sites for hydroxylation is 2. The number of aromatic hydroxyl groups is 1. The van der Waals surface area contributed by atoms with Gasteiger partial charge >= 0.3 is 0 Å². The van der Waals surface area contributed by atoms with Crippen LogP contribution in [-0.2, 0) is 6.54 Å². The van der Waals surface area contributed by atoms with E-state index in [-0.39, 0.29) is 29.8 Å². The number of unbranched alkanes of at least 4 members (excludes halogenated alkanes) is 1. The molecule has 1 aromatic heterocycles. The first kappa shape index (κ1) is 21.5. The lowest BCUT2D eigenvalue weighted by atomic mass is 10.0. The summed E-state index contributed by atoms with van der Waals surface area (Å²) in [6, 6.07) is 5.29. The number of aromatic nitrogens is 1. The molecule has 0 unspecified atom stereocenters. The molecule has 2 aromatic rings. The van der Waals surface area contributed by atoms with E-state index in [4.69, 9.17) is 16.3 Å². The van der Waals surface area contributed by atoms with E-state index in [0.717, 1.165) is 22.1 Å². The van der Waals surface area contributed by atoms with Crippen molar-refractivity contribution in [2.75, 3.05) is 6.61 Å². The fraction of sp³-hybridized carbons (Fsp3) is 0.381. The van der Waals surface area contributed by atoms with Gasteiger partial charge in [-0.05, 0) is 56.0 Å². The number of carbonyl (C=O) groups is 1. The summed E-state index contributed by atoms with van der Waals surface area (Å²) in [5.41, 5.74) is 1.01. The quantitative estimate of drug-likeness (QED) is 0.705. The van der Waals surface area contributed by atoms with Gasteiger partial charge in [-0.2, -0.15) is 5.26 Å². The molecule has 0 saturated heterocycles. The normalized spacial score (nSPS) is 10.6. The number of Topliss-reactive ketones (excluding diaryl/α,β-unsaturated/α-hetero) is 1. The predicted octanol–water partition coefficient (Wildman–Crippen LogP) is 4.07. The zero-order valence-electron chi connectivity index (χ0n) is 16.4. The molecule has 0 aliphatic heterocycles. The van der Waals surface area contributed by atoms with Gasteiger partial charge in [0.15, 0.2) is 6.61 Å². The van der Waals surface area contributed by atoms with Crippen LogP contribution in [0.4, 0.5) is 0 Å². The summed E-state index contributed by atoms with van der Waals surface area (Å²) in [4.78, 5) is 25.2. The molecule has 7 heteroatoms. The van der Waals surface area contributed by atoms with Gasteiger partial charge in [0.05, 0.1) is 5.56 Å². The zero-order valence-corrected chi connectivity index (χ0v) is 17.2. The highest BCUT2D eigenvalue weighted by Gasteiger charge is 2.24. The molecule has 28 heavy (non-hydrogen) atoms. The van der Waals surface area contributed by atoms with Gasteiger partial charge < -0.3 is 9.84 Å². The molecule has 0 fully saturated rings. The van der Waals surface area contributed by atoms with E-state index >= 15 is 0 Å². The summed E-state index contributed by atoms with van der Waals surface area (Å²) in [6.45, 7) is 6.98. The number of nitrogens with zero attached hydrogens (tertiary/aromatic N) is 2. The average molecular weight is 403 g/mol. The van der Waals surface area contributed by atoms with Crippen molar-refractivity contribution in [2.45, 2.75) is 47.1 Å². The van der Waals surface area contributed by atoms with Crippen LogP contribution in [0.3, 0.4) is 0 Å². The van der Waals surface area contributed by atoms with E-state index in [2.05, 4.69) is 0 Å². The molecular formula is C21H23ClN2O4. The Morgan fingerprint density at radius 3 is 2.43 bits per heavy atom. The maximum absolute atomic E-state index is 12.8. The van der Waals surface area contributed by atoms with Gasteiger partial charge in [0.25, 0.3) is 5.56 Å². The molecule has 1 N–H and O–H groups in total. The second kappa shape index (κ2) is 8.94. The Hall–Kier alpha value is -2.78. The number of hydrogen-bond acceptors (Lipinski definition) is 5. The van der Waals surface area contributed by atoms with Crippen LogP contribution in [0.25, 0.3) is 0 Å². The average Bonchev–Trinajstić information content (AvgIpc) is 2.64. The lowest BCUT2D eigenvalue weighted by molar-refractivity contribution is 0.0916. The number of benzene rings is 1. The number of ketones is 1. The first-order valence-electron chi connectivity index (χ1n) is 9.02. The van der Waals surface area contributed by atoms with Crippen molar-refractivity contribution in [1.82, 2.24) is 4.57 Å². The van der Waals surface area contributed by atoms with Crippen LogP contribution in [0.1, 0.15) is 52.4 Å². The Balaban J connectivity index is 2.39. The Morgan fingerprint density at radius 2 is 1.89 bits per heavy atom. The van der Waals surface area contributed by atoms with Crippen molar-refractivity contribution in [1.29, 1.82) is 5.26 Å². The van der Waals surface area contributed by atoms with E-state index in [1.807, 2.05) is 26.8 Å². The van der Waals surface area contributed by atoms with Crippen molar-refractivity contribution in [3.8, 4) is 17.7 Å². The molecule has 148 valence electrons. The molecule has 1 aromatic carbocycles. The maximum Gasteiger partial charge on any atom is 0.271 e. The summed E-state index contributed by atoms with van der Waals surface area (Å²) in [5.74, 6) is -0.460. The fourth-order valence-corrected chi connectivity index (χ4v) is 3.13. The minimum absolute atomic E-state index is 0.0605. The highest BCUT2D eigenvalue weighted by molar-refractivity contribution is 6.32. The number of halogens is 1. The largest absolute Gasteiger partial charge is 0.494 e. The third kappa shape index (κ3) is 4.20. The van der Waals surface area contributed by atoms with Crippen LogP contribution in [0.15, 0.2) is 16.9 Å². The van der Waals surface area contributed by atoms with Crippen LogP contribution in [0.2, 0.25) is 5.02 Å². The Morgan fingerprint density at radius 1 is 1.29 bits per heavy atom. The van der Waals surface area contributed by atoms with Gasteiger partial charge in [-0.1, -0.05) is 24.9 Å². The Labute approximate surface area is 168 Å². The molecular weight excluding hydrogens is 380 g/mol. The van der Waals surface area contributed by atoms with Crippen molar-refractivity contribution in [3.63, 3.8) is 0 Å². The van der Waals surface area contributed by atoms with E-state index in [0.29, 0.717) is 17.2 Å². The molecule has 2 rings (SSSR count). The second-order valence-electron chi connectivity index (χ2n) is 6.70. The first-order valence-corrected chi connectivity index (χ1v) is 9.39. The number of carbonyl (C=O) groups excluding carboxylic acids is 1. The summed E-state index contributed by atoms with van der Waals surface area (Å²) >= 11 is 6.14. The van der Waals surface area contributed by atoms with Gasteiger partial charge in [-0.25, -0.2) is 0 Å². The number of nitriles is 1. The molecule has 0 spiro atoms. The van der Waals surface area contributed by atoms with Crippen LogP contribution < -0.4 is 10.3 Å². The number of pyridine rings is 1. The van der Waals surface area contributed by atoms with E-state index in [1.54, 1.807) is 12.1 Å². The highest BCUT2D eigenvalue weighted by Crippen LogP contribution is 2.27. The van der Waals surface area contributed by atoms with E-state index in [9.17, 15) is 20.0 Å². The number of hydrogen-bond donors (Lipinski definition) is 1. The Kier molecular flexibility index (Phi) is 6.87. The van der Waals surface area contributed by atoms with Crippen LogP contribution in [0, 0.1) is 32.1 Å². The lowest BCUT2D eigenvalue weighted by Gasteiger charge is -2.16. The van der Waals surface area contributed by atoms with Crippen molar-refractivity contribution >= 4 is 17.4 Å². The predicted molar refractivity (Wildman–Crippen MR) is 107 cm³/mol. The molecule has 0 bridgehead atoms. The van der Waals surface area contributed by atoms with E-state index < -0.39 is 17.2 Å². The lowest BCUT2D eigenvalue weighted by Crippen LogP contribution is -2.27. The number of ether oxygens (including phenoxy) is 1. The van der Waals surface area contributed by atoms with Gasteiger partial charge in [0, 0.05) is 11.6 Å². The molecule has 0 aliphatic rings. The third-order valence-electron chi connectivity index (χ3n) is 4.59. The maximum atomic E-state index is 12.8. The molecule has 0 saturated carbocycles. The van der Waals surface area contributed by atoms with Gasteiger partial charge in [-0.15, -0.1) is 0 Å². The van der Waals surface area contributed by atoms with Crippen molar-refractivity contribution in [2.24, 2.45) is 0 Å². The summed E-state index contributed by atoms with van der Waals surface area (Å²) < 4.78 is 6.67. The first-order chi connectivity index (χ1) is 13.2. The van der Waals surface area contributed by atoms with Gasteiger partial charge in [0.1, 0.15) is 17.4 Å². The fourth-order valence-electron chi connectivity index (χ4n) is 3.02. The minimum atomic E-state index is -0.590. The monoisotopic (exact) mass is 402 g/mol. The van der Waals surface area contributed by atoms with Gasteiger partial charge in [-0.3, -0.25) is 14.2 Å². The molecule has 1 heterocycles. The molecule has 0 amide bonds.